The third-order valence-electron chi connectivity index (χ3n) is 2.82. The maximum Gasteiger partial charge on any atom is 0.119 e. The second kappa shape index (κ2) is 7.92. The Labute approximate surface area is 128 Å². The lowest BCUT2D eigenvalue weighted by molar-refractivity contribution is 0.313. The second-order valence-electron chi connectivity index (χ2n) is 4.33. The fraction of sp³-hybridized carbons (Fsp3) is 0.250. The molecule has 0 bridgehead atoms. The van der Waals surface area contributed by atoms with Crippen LogP contribution in [-0.2, 0) is 6.54 Å². The molecule has 0 aliphatic carbocycles. The molecule has 0 radical (unpaired) electrons. The number of benzene rings is 2. The van der Waals surface area contributed by atoms with E-state index in [9.17, 15) is 0 Å². The van der Waals surface area contributed by atoms with Gasteiger partial charge >= 0.3 is 0 Å². The Morgan fingerprint density at radius 1 is 1.05 bits per heavy atom. The number of halogens is 1. The molecule has 0 saturated heterocycles. The van der Waals surface area contributed by atoms with Crippen LogP contribution in [0.2, 0.25) is 0 Å². The van der Waals surface area contributed by atoms with Crippen molar-refractivity contribution >= 4 is 15.9 Å². The van der Waals surface area contributed by atoms with Gasteiger partial charge < -0.3 is 14.8 Å². The minimum Gasteiger partial charge on any atom is -0.497 e. The molecule has 0 aromatic heterocycles. The van der Waals surface area contributed by atoms with Crippen LogP contribution >= 0.6 is 15.9 Å². The van der Waals surface area contributed by atoms with Crippen LogP contribution in [0.5, 0.6) is 11.5 Å². The number of ether oxygens (including phenoxy) is 2. The minimum atomic E-state index is 0.644. The second-order valence-corrected chi connectivity index (χ2v) is 5.25. The van der Waals surface area contributed by atoms with Gasteiger partial charge in [-0.1, -0.05) is 28.1 Å². The highest BCUT2D eigenvalue weighted by Crippen LogP contribution is 2.16. The highest BCUT2D eigenvalue weighted by molar-refractivity contribution is 9.10. The third kappa shape index (κ3) is 4.87. The first-order valence-electron chi connectivity index (χ1n) is 6.50. The Bertz CT molecular complexity index is 528. The van der Waals surface area contributed by atoms with Crippen molar-refractivity contribution in [2.45, 2.75) is 6.54 Å². The van der Waals surface area contributed by atoms with Crippen molar-refractivity contribution < 1.29 is 9.47 Å². The zero-order valence-corrected chi connectivity index (χ0v) is 13.0. The lowest BCUT2D eigenvalue weighted by Gasteiger charge is -2.08. The fourth-order valence-electron chi connectivity index (χ4n) is 1.79. The average Bonchev–Trinajstić information content (AvgIpc) is 2.49. The molecule has 0 fully saturated rings. The van der Waals surface area contributed by atoms with Crippen molar-refractivity contribution in [2.75, 3.05) is 20.3 Å². The van der Waals surface area contributed by atoms with E-state index in [4.69, 9.17) is 9.47 Å². The Morgan fingerprint density at radius 3 is 2.60 bits per heavy atom. The summed E-state index contributed by atoms with van der Waals surface area (Å²) in [5, 5.41) is 3.34. The normalized spacial score (nSPS) is 10.3. The van der Waals surface area contributed by atoms with E-state index < -0.39 is 0 Å². The van der Waals surface area contributed by atoms with Gasteiger partial charge in [0.1, 0.15) is 18.1 Å². The number of methoxy groups -OCH3 is 1. The minimum absolute atomic E-state index is 0.644. The zero-order chi connectivity index (χ0) is 14.2. The van der Waals surface area contributed by atoms with Gasteiger partial charge in [0.2, 0.25) is 0 Å². The molecular formula is C16H18BrNO2. The predicted octanol–water partition coefficient (Wildman–Crippen LogP) is 3.63. The standard InChI is InChI=1S/C16H18BrNO2/c1-19-16-4-2-3-13(11-16)12-18-9-10-20-15-7-5-14(17)6-8-15/h2-8,11,18H,9-10,12H2,1H3. The smallest absolute Gasteiger partial charge is 0.119 e. The van der Waals surface area contributed by atoms with Crippen LogP contribution in [-0.4, -0.2) is 20.3 Å². The van der Waals surface area contributed by atoms with E-state index in [1.54, 1.807) is 7.11 Å². The van der Waals surface area contributed by atoms with E-state index in [0.29, 0.717) is 6.61 Å². The molecule has 1 N–H and O–H groups in total. The SMILES string of the molecule is COc1cccc(CNCCOc2ccc(Br)cc2)c1. The molecule has 3 nitrogen and oxygen atoms in total. The van der Waals surface area contributed by atoms with Crippen molar-refractivity contribution in [1.29, 1.82) is 0 Å². The van der Waals surface area contributed by atoms with Gasteiger partial charge in [-0.15, -0.1) is 0 Å². The largest absolute Gasteiger partial charge is 0.497 e. The van der Waals surface area contributed by atoms with E-state index in [1.165, 1.54) is 5.56 Å². The monoisotopic (exact) mass is 335 g/mol. The summed E-state index contributed by atoms with van der Waals surface area (Å²) in [5.41, 5.74) is 1.20. The van der Waals surface area contributed by atoms with Crippen LogP contribution in [0.15, 0.2) is 53.0 Å². The zero-order valence-electron chi connectivity index (χ0n) is 11.4. The summed E-state index contributed by atoms with van der Waals surface area (Å²) >= 11 is 3.40. The molecule has 0 saturated carbocycles. The summed E-state index contributed by atoms with van der Waals surface area (Å²) < 4.78 is 11.9. The Kier molecular flexibility index (Phi) is 5.89. The summed E-state index contributed by atoms with van der Waals surface area (Å²) in [7, 11) is 1.68. The first kappa shape index (κ1) is 14.9. The van der Waals surface area contributed by atoms with Gasteiger partial charge in [0.15, 0.2) is 0 Å². The van der Waals surface area contributed by atoms with Crippen molar-refractivity contribution in [3.63, 3.8) is 0 Å². The van der Waals surface area contributed by atoms with Gasteiger partial charge in [-0.3, -0.25) is 0 Å². The van der Waals surface area contributed by atoms with Crippen LogP contribution in [0.25, 0.3) is 0 Å². The summed E-state index contributed by atoms with van der Waals surface area (Å²) in [4.78, 5) is 0. The van der Waals surface area contributed by atoms with Crippen molar-refractivity contribution in [1.82, 2.24) is 5.32 Å². The fourth-order valence-corrected chi connectivity index (χ4v) is 2.05. The predicted molar refractivity (Wildman–Crippen MR) is 84.3 cm³/mol. The van der Waals surface area contributed by atoms with Crippen LogP contribution in [0, 0.1) is 0 Å². The van der Waals surface area contributed by atoms with E-state index >= 15 is 0 Å². The van der Waals surface area contributed by atoms with Gasteiger partial charge in [-0.2, -0.15) is 0 Å². The highest BCUT2D eigenvalue weighted by atomic mass is 79.9. The molecule has 20 heavy (non-hydrogen) atoms. The topological polar surface area (TPSA) is 30.5 Å². The lowest BCUT2D eigenvalue weighted by atomic mass is 10.2. The van der Waals surface area contributed by atoms with Crippen molar-refractivity contribution in [3.05, 3.63) is 58.6 Å². The van der Waals surface area contributed by atoms with Gasteiger partial charge in [0.25, 0.3) is 0 Å². The Hall–Kier alpha value is -1.52. The maximum atomic E-state index is 5.64. The van der Waals surface area contributed by atoms with Crippen LogP contribution in [0.3, 0.4) is 0 Å². The van der Waals surface area contributed by atoms with Crippen LogP contribution in [0.4, 0.5) is 0 Å². The maximum absolute atomic E-state index is 5.64. The molecule has 0 unspecified atom stereocenters. The van der Waals surface area contributed by atoms with Crippen molar-refractivity contribution in [3.8, 4) is 11.5 Å². The number of nitrogens with one attached hydrogen (secondary N) is 1. The molecule has 0 aliphatic heterocycles. The summed E-state index contributed by atoms with van der Waals surface area (Å²) in [6.45, 7) is 2.25. The molecule has 2 aromatic carbocycles. The van der Waals surface area contributed by atoms with Crippen LogP contribution < -0.4 is 14.8 Å². The lowest BCUT2D eigenvalue weighted by Crippen LogP contribution is -2.20. The molecule has 106 valence electrons. The number of hydrogen-bond acceptors (Lipinski definition) is 3. The quantitative estimate of drug-likeness (QED) is 0.784. The molecule has 0 amide bonds. The third-order valence-corrected chi connectivity index (χ3v) is 3.35. The Morgan fingerprint density at radius 2 is 1.85 bits per heavy atom. The summed E-state index contributed by atoms with van der Waals surface area (Å²) in [6, 6.07) is 15.9. The van der Waals surface area contributed by atoms with E-state index in [-0.39, 0.29) is 0 Å². The number of hydrogen-bond donors (Lipinski definition) is 1. The van der Waals surface area contributed by atoms with E-state index in [2.05, 4.69) is 27.3 Å². The summed E-state index contributed by atoms with van der Waals surface area (Å²) in [6.07, 6.45) is 0. The number of rotatable bonds is 7. The summed E-state index contributed by atoms with van der Waals surface area (Å²) in [5.74, 6) is 1.77. The first-order valence-corrected chi connectivity index (χ1v) is 7.29. The molecule has 0 atom stereocenters. The van der Waals surface area contributed by atoms with E-state index in [1.807, 2.05) is 42.5 Å². The molecular weight excluding hydrogens is 318 g/mol. The van der Waals surface area contributed by atoms with Gasteiger partial charge in [0, 0.05) is 17.6 Å². The molecule has 4 heteroatoms. The van der Waals surface area contributed by atoms with Gasteiger partial charge in [-0.05, 0) is 42.0 Å². The molecule has 0 aliphatic rings. The average molecular weight is 336 g/mol. The van der Waals surface area contributed by atoms with Gasteiger partial charge in [0.05, 0.1) is 7.11 Å². The van der Waals surface area contributed by atoms with Crippen molar-refractivity contribution in [2.24, 2.45) is 0 Å². The molecule has 2 rings (SSSR count). The first-order chi connectivity index (χ1) is 9.78. The Balaban J connectivity index is 1.67. The highest BCUT2D eigenvalue weighted by Gasteiger charge is 1.96. The molecule has 0 spiro atoms. The molecule has 0 heterocycles. The van der Waals surface area contributed by atoms with E-state index in [0.717, 1.165) is 29.1 Å². The van der Waals surface area contributed by atoms with Gasteiger partial charge in [-0.25, -0.2) is 0 Å². The van der Waals surface area contributed by atoms with Crippen LogP contribution in [0.1, 0.15) is 5.56 Å². The molecule has 2 aromatic rings.